The van der Waals surface area contributed by atoms with Crippen molar-refractivity contribution in [3.8, 4) is 12.1 Å². The second-order valence-electron chi connectivity index (χ2n) is 7.45. The lowest BCUT2D eigenvalue weighted by Crippen LogP contribution is -2.32. The number of ether oxygens (including phenoxy) is 2. The predicted molar refractivity (Wildman–Crippen MR) is 136 cm³/mol. The molecule has 4 nitrogen and oxygen atoms in total. The summed E-state index contributed by atoms with van der Waals surface area (Å²) in [5, 5.41) is 17.7. The van der Waals surface area contributed by atoms with Gasteiger partial charge in [-0.15, -0.1) is 0 Å². The molecule has 0 aromatic heterocycles. The van der Waals surface area contributed by atoms with Gasteiger partial charge in [0, 0.05) is 35.4 Å². The van der Waals surface area contributed by atoms with E-state index in [1.807, 2.05) is 48.5 Å². The average molecular weight is 564 g/mol. The van der Waals surface area contributed by atoms with Gasteiger partial charge in [-0.1, -0.05) is 63.6 Å². The Morgan fingerprint density at radius 3 is 1.88 bits per heavy atom. The van der Waals surface area contributed by atoms with Crippen LogP contribution in [0.3, 0.4) is 0 Å². The molecule has 0 radical (unpaired) electrons. The van der Waals surface area contributed by atoms with Crippen molar-refractivity contribution in [2.24, 2.45) is 0 Å². The number of rotatable bonds is 2. The molecule has 2 aromatic carbocycles. The van der Waals surface area contributed by atoms with Crippen LogP contribution >= 0.6 is 31.9 Å². The van der Waals surface area contributed by atoms with Crippen molar-refractivity contribution >= 4 is 31.9 Å². The van der Waals surface area contributed by atoms with Crippen LogP contribution in [0.2, 0.25) is 0 Å². The summed E-state index contributed by atoms with van der Waals surface area (Å²) in [5.41, 5.74) is 1.81. The lowest BCUT2D eigenvalue weighted by Gasteiger charge is -2.31. The number of nitrogens with zero attached hydrogens (tertiary/aromatic N) is 2. The highest BCUT2D eigenvalue weighted by molar-refractivity contribution is 9.10. The van der Waals surface area contributed by atoms with Crippen molar-refractivity contribution in [3.05, 3.63) is 68.6 Å². The van der Waals surface area contributed by atoms with Crippen LogP contribution in [0.15, 0.2) is 57.5 Å². The molecule has 172 valence electrons. The van der Waals surface area contributed by atoms with Gasteiger partial charge in [0.05, 0.1) is 24.0 Å². The second kappa shape index (κ2) is 16.0. The third-order valence-corrected chi connectivity index (χ3v) is 6.17. The Morgan fingerprint density at radius 2 is 1.41 bits per heavy atom. The van der Waals surface area contributed by atoms with E-state index in [0.717, 1.165) is 46.1 Å². The molecule has 2 fully saturated rings. The highest BCUT2D eigenvalue weighted by atomic mass is 79.9. The standard InChI is InChI=1S/C12H12BrNO.C8H6BrN.C5H10O.CH4/c13-11-3-1-2-10(8-11)12(9-14)4-6-15-7-5-12;9-8-3-1-2-7(6-8)4-5-10;1-2-4-6-5-3-1;/h1-3,8H,4-7H2;1-3,6H,4H2;1-5H2;1H4. The minimum Gasteiger partial charge on any atom is -0.381 e. The van der Waals surface area contributed by atoms with Gasteiger partial charge >= 0.3 is 0 Å². The van der Waals surface area contributed by atoms with Crippen LogP contribution < -0.4 is 0 Å². The minimum absolute atomic E-state index is 0. The quantitative estimate of drug-likeness (QED) is 0.383. The van der Waals surface area contributed by atoms with E-state index in [9.17, 15) is 5.26 Å². The highest BCUT2D eigenvalue weighted by Gasteiger charge is 2.34. The van der Waals surface area contributed by atoms with Crippen molar-refractivity contribution in [2.45, 2.75) is 51.4 Å². The van der Waals surface area contributed by atoms with E-state index in [1.165, 1.54) is 19.3 Å². The predicted octanol–water partition coefficient (Wildman–Crippen LogP) is 7.36. The largest absolute Gasteiger partial charge is 0.381 e. The van der Waals surface area contributed by atoms with Gasteiger partial charge in [0.1, 0.15) is 0 Å². The minimum atomic E-state index is -0.345. The molecule has 32 heavy (non-hydrogen) atoms. The monoisotopic (exact) mass is 562 g/mol. The zero-order chi connectivity index (χ0) is 22.4. The normalized spacial score (nSPS) is 16.4. The summed E-state index contributed by atoms with van der Waals surface area (Å²) in [6.45, 7) is 3.36. The van der Waals surface area contributed by atoms with Crippen LogP contribution in [0.25, 0.3) is 0 Å². The molecule has 0 N–H and O–H groups in total. The van der Waals surface area contributed by atoms with E-state index in [0.29, 0.717) is 19.6 Å². The smallest absolute Gasteiger partial charge is 0.0866 e. The van der Waals surface area contributed by atoms with Crippen LogP contribution in [0, 0.1) is 22.7 Å². The molecule has 6 heteroatoms. The number of halogens is 2. The molecule has 0 spiro atoms. The zero-order valence-corrected chi connectivity index (χ0v) is 20.8. The molecule has 2 aliphatic rings. The second-order valence-corrected chi connectivity index (χ2v) is 9.29. The van der Waals surface area contributed by atoms with Crippen LogP contribution in [0.5, 0.6) is 0 Å². The molecule has 4 rings (SSSR count). The molecule has 0 amide bonds. The van der Waals surface area contributed by atoms with Gasteiger partial charge in [0.25, 0.3) is 0 Å². The van der Waals surface area contributed by atoms with Crippen LogP contribution in [-0.4, -0.2) is 26.4 Å². The molecule has 2 aromatic rings. The van der Waals surface area contributed by atoms with Crippen molar-refractivity contribution in [1.29, 1.82) is 10.5 Å². The number of nitriles is 2. The maximum Gasteiger partial charge on any atom is 0.0866 e. The fraction of sp³-hybridized carbons (Fsp3) is 0.462. The molecule has 0 atom stereocenters. The molecule has 0 aliphatic carbocycles. The first kappa shape index (κ1) is 28.3. The Balaban J connectivity index is 0.000000260. The number of benzene rings is 2. The van der Waals surface area contributed by atoms with Gasteiger partial charge in [0.15, 0.2) is 0 Å². The molecular formula is C26H32Br2N2O2. The Morgan fingerprint density at radius 1 is 0.812 bits per heavy atom. The Labute approximate surface area is 209 Å². The molecule has 0 unspecified atom stereocenters. The third-order valence-electron chi connectivity index (χ3n) is 5.19. The van der Waals surface area contributed by atoms with E-state index in [-0.39, 0.29) is 12.8 Å². The van der Waals surface area contributed by atoms with Gasteiger partial charge in [-0.05, 0) is 67.5 Å². The van der Waals surface area contributed by atoms with Crippen molar-refractivity contribution in [1.82, 2.24) is 0 Å². The topological polar surface area (TPSA) is 66.0 Å². The lowest BCUT2D eigenvalue weighted by molar-refractivity contribution is 0.0675. The third kappa shape index (κ3) is 9.84. The van der Waals surface area contributed by atoms with Crippen LogP contribution in [0.4, 0.5) is 0 Å². The van der Waals surface area contributed by atoms with Crippen molar-refractivity contribution < 1.29 is 9.47 Å². The molecule has 2 aliphatic heterocycles. The number of hydrogen-bond acceptors (Lipinski definition) is 4. The summed E-state index contributed by atoms with van der Waals surface area (Å²) < 4.78 is 12.4. The Hall–Kier alpha value is -1.70. The SMILES string of the molecule is C.C1CCOCC1.N#CC1(c2cccc(Br)c2)CCOCC1.N#CCc1cccc(Br)c1. The summed E-state index contributed by atoms with van der Waals surface area (Å²) >= 11 is 6.76. The first-order valence-electron chi connectivity index (χ1n) is 10.5. The molecular weight excluding hydrogens is 532 g/mol. The first-order valence-corrected chi connectivity index (χ1v) is 12.1. The van der Waals surface area contributed by atoms with Crippen LogP contribution in [-0.2, 0) is 21.3 Å². The highest BCUT2D eigenvalue weighted by Crippen LogP contribution is 2.35. The van der Waals surface area contributed by atoms with E-state index in [1.54, 1.807) is 0 Å². The first-order chi connectivity index (χ1) is 15.1. The van der Waals surface area contributed by atoms with Gasteiger partial charge in [-0.3, -0.25) is 0 Å². The zero-order valence-electron chi connectivity index (χ0n) is 17.7. The van der Waals surface area contributed by atoms with E-state index in [4.69, 9.17) is 14.7 Å². The number of hydrogen-bond donors (Lipinski definition) is 0. The summed E-state index contributed by atoms with van der Waals surface area (Å²) in [7, 11) is 0. The molecule has 2 saturated heterocycles. The van der Waals surface area contributed by atoms with Crippen molar-refractivity contribution in [3.63, 3.8) is 0 Å². The maximum absolute atomic E-state index is 9.36. The molecule has 0 bridgehead atoms. The summed E-state index contributed by atoms with van der Waals surface area (Å²) in [5.74, 6) is 0. The Bertz CT molecular complexity index is 868. The van der Waals surface area contributed by atoms with Crippen LogP contribution in [0.1, 0.15) is 50.7 Å². The van der Waals surface area contributed by atoms with E-state index >= 15 is 0 Å². The fourth-order valence-corrected chi connectivity index (χ4v) is 4.24. The summed E-state index contributed by atoms with van der Waals surface area (Å²) in [6, 6.07) is 20.3. The van der Waals surface area contributed by atoms with Gasteiger partial charge in [0.2, 0.25) is 0 Å². The maximum atomic E-state index is 9.36. The van der Waals surface area contributed by atoms with E-state index < -0.39 is 0 Å². The van der Waals surface area contributed by atoms with E-state index in [2.05, 4.69) is 44.0 Å². The fourth-order valence-electron chi connectivity index (χ4n) is 3.40. The molecule has 0 saturated carbocycles. The summed E-state index contributed by atoms with van der Waals surface area (Å²) in [4.78, 5) is 0. The lowest BCUT2D eigenvalue weighted by atomic mass is 9.75. The van der Waals surface area contributed by atoms with Crippen molar-refractivity contribution in [2.75, 3.05) is 26.4 Å². The summed E-state index contributed by atoms with van der Waals surface area (Å²) in [6.07, 6.45) is 6.00. The Kier molecular flexibility index (Phi) is 14.2. The molecule has 2 heterocycles. The van der Waals surface area contributed by atoms with Gasteiger partial charge in [-0.25, -0.2) is 0 Å². The van der Waals surface area contributed by atoms with Gasteiger partial charge < -0.3 is 9.47 Å². The average Bonchev–Trinajstić information content (AvgIpc) is 2.82. The van der Waals surface area contributed by atoms with Gasteiger partial charge in [-0.2, -0.15) is 10.5 Å².